The number of hydrogen-bond donors (Lipinski definition) is 1. The van der Waals surface area contributed by atoms with Crippen molar-refractivity contribution >= 4 is 28.4 Å². The van der Waals surface area contributed by atoms with Crippen molar-refractivity contribution in [3.63, 3.8) is 0 Å². The molecule has 0 unspecified atom stereocenters. The summed E-state index contributed by atoms with van der Waals surface area (Å²) in [5.41, 5.74) is 5.18. The van der Waals surface area contributed by atoms with Gasteiger partial charge >= 0.3 is 0 Å². The van der Waals surface area contributed by atoms with E-state index in [1.165, 1.54) is 0 Å². The Kier molecular flexibility index (Phi) is 5.76. The highest BCUT2D eigenvalue weighted by atomic mass is 16.2. The molecule has 0 radical (unpaired) electrons. The van der Waals surface area contributed by atoms with E-state index >= 15 is 0 Å². The maximum absolute atomic E-state index is 13.2. The van der Waals surface area contributed by atoms with Gasteiger partial charge in [0.2, 0.25) is 5.91 Å². The van der Waals surface area contributed by atoms with Crippen LogP contribution < -0.4 is 5.32 Å². The van der Waals surface area contributed by atoms with Crippen LogP contribution in [0.5, 0.6) is 0 Å². The molecular formula is C24H29N5O2. The first kappa shape index (κ1) is 21.0. The Morgan fingerprint density at radius 2 is 1.90 bits per heavy atom. The largest absolute Gasteiger partial charge is 0.339 e. The number of carbonyl (C=O) groups excluding carboxylic acids is 2. The quantitative estimate of drug-likeness (QED) is 0.698. The first-order valence-corrected chi connectivity index (χ1v) is 10.8. The van der Waals surface area contributed by atoms with Gasteiger partial charge in [0, 0.05) is 31.9 Å². The molecule has 1 aliphatic rings. The number of likely N-dealkylation sites (tertiary alicyclic amines) is 1. The highest BCUT2D eigenvalue weighted by Gasteiger charge is 2.26. The number of pyridine rings is 1. The zero-order valence-corrected chi connectivity index (χ0v) is 18.6. The molecule has 0 aliphatic carbocycles. The van der Waals surface area contributed by atoms with E-state index in [1.807, 2.05) is 57.0 Å². The van der Waals surface area contributed by atoms with Gasteiger partial charge in [-0.1, -0.05) is 18.2 Å². The third-order valence-corrected chi connectivity index (χ3v) is 6.35. The van der Waals surface area contributed by atoms with Crippen LogP contribution in [-0.4, -0.2) is 44.6 Å². The number of aryl methyl sites for hydroxylation is 3. The molecule has 0 bridgehead atoms. The Morgan fingerprint density at radius 1 is 1.16 bits per heavy atom. The normalized spacial score (nSPS) is 14.8. The van der Waals surface area contributed by atoms with E-state index in [2.05, 4.69) is 15.4 Å². The molecule has 1 aliphatic heterocycles. The molecule has 2 aromatic heterocycles. The molecule has 3 aromatic rings. The van der Waals surface area contributed by atoms with Crippen LogP contribution in [0.1, 0.15) is 46.6 Å². The summed E-state index contributed by atoms with van der Waals surface area (Å²) in [6.45, 7) is 7.18. The van der Waals surface area contributed by atoms with Gasteiger partial charge < -0.3 is 10.2 Å². The first-order chi connectivity index (χ1) is 14.8. The SMILES string of the molecule is Cc1nc2c(C)cccc2cc1C(=O)N1CCC(CC(=O)Nc2cnn(C)c2C)CC1. The second-order valence-electron chi connectivity index (χ2n) is 8.52. The van der Waals surface area contributed by atoms with Crippen molar-refractivity contribution in [3.8, 4) is 0 Å². The Bertz CT molecular complexity index is 1140. The van der Waals surface area contributed by atoms with E-state index in [0.717, 1.165) is 46.4 Å². The fourth-order valence-electron chi connectivity index (χ4n) is 4.25. The fraction of sp³-hybridized carbons (Fsp3) is 0.417. The molecule has 0 spiro atoms. The summed E-state index contributed by atoms with van der Waals surface area (Å²) in [4.78, 5) is 32.2. The molecule has 0 saturated carbocycles. The maximum Gasteiger partial charge on any atom is 0.255 e. The molecular weight excluding hydrogens is 390 g/mol. The summed E-state index contributed by atoms with van der Waals surface area (Å²) in [7, 11) is 1.85. The average molecular weight is 420 g/mol. The molecule has 0 atom stereocenters. The number of fused-ring (bicyclic) bond motifs is 1. The highest BCUT2D eigenvalue weighted by Crippen LogP contribution is 2.25. The molecule has 31 heavy (non-hydrogen) atoms. The number of rotatable bonds is 4. The van der Waals surface area contributed by atoms with E-state index in [0.29, 0.717) is 25.1 Å². The summed E-state index contributed by atoms with van der Waals surface area (Å²) >= 11 is 0. The van der Waals surface area contributed by atoms with E-state index in [4.69, 9.17) is 0 Å². The Balaban J connectivity index is 1.37. The van der Waals surface area contributed by atoms with Gasteiger partial charge in [0.15, 0.2) is 0 Å². The number of amides is 2. The predicted molar refractivity (Wildman–Crippen MR) is 121 cm³/mol. The van der Waals surface area contributed by atoms with Crippen LogP contribution >= 0.6 is 0 Å². The zero-order valence-electron chi connectivity index (χ0n) is 18.6. The number of anilines is 1. The van der Waals surface area contributed by atoms with Crippen LogP contribution in [0.25, 0.3) is 10.9 Å². The predicted octanol–water partition coefficient (Wildman–Crippen LogP) is 3.77. The van der Waals surface area contributed by atoms with Crippen molar-refractivity contribution in [2.75, 3.05) is 18.4 Å². The Morgan fingerprint density at radius 3 is 2.58 bits per heavy atom. The second kappa shape index (κ2) is 8.49. The lowest BCUT2D eigenvalue weighted by molar-refractivity contribution is -0.117. The molecule has 1 saturated heterocycles. The van der Waals surface area contributed by atoms with Gasteiger partial charge in [-0.05, 0) is 51.2 Å². The standard InChI is InChI=1S/C24H29N5O2/c1-15-6-5-7-19-13-20(16(2)26-23(15)19)24(31)29-10-8-18(9-11-29)12-22(30)27-21-14-25-28(4)17(21)3/h5-7,13-14,18H,8-12H2,1-4H3,(H,27,30). The summed E-state index contributed by atoms with van der Waals surface area (Å²) < 4.78 is 1.74. The molecule has 7 nitrogen and oxygen atoms in total. The second-order valence-corrected chi connectivity index (χ2v) is 8.52. The topological polar surface area (TPSA) is 80.1 Å². The highest BCUT2D eigenvalue weighted by molar-refractivity contribution is 5.99. The van der Waals surface area contributed by atoms with E-state index in [1.54, 1.807) is 10.9 Å². The minimum absolute atomic E-state index is 0.00539. The monoisotopic (exact) mass is 419 g/mol. The number of nitrogens with one attached hydrogen (secondary N) is 1. The van der Waals surface area contributed by atoms with Gasteiger partial charge in [-0.3, -0.25) is 19.3 Å². The van der Waals surface area contributed by atoms with Crippen molar-refractivity contribution in [1.29, 1.82) is 0 Å². The van der Waals surface area contributed by atoms with Gasteiger partial charge in [0.05, 0.1) is 34.4 Å². The van der Waals surface area contributed by atoms with Crippen molar-refractivity contribution in [2.24, 2.45) is 13.0 Å². The molecule has 1 fully saturated rings. The molecule has 4 rings (SSSR count). The van der Waals surface area contributed by atoms with Crippen LogP contribution in [0.2, 0.25) is 0 Å². The molecule has 1 aromatic carbocycles. The van der Waals surface area contributed by atoms with Crippen LogP contribution in [-0.2, 0) is 11.8 Å². The summed E-state index contributed by atoms with van der Waals surface area (Å²) in [5.74, 6) is 0.313. The van der Waals surface area contributed by atoms with Crippen LogP contribution in [0.4, 0.5) is 5.69 Å². The maximum atomic E-state index is 13.2. The van der Waals surface area contributed by atoms with Gasteiger partial charge in [0.25, 0.3) is 5.91 Å². The summed E-state index contributed by atoms with van der Waals surface area (Å²) in [5, 5.41) is 8.11. The van der Waals surface area contributed by atoms with E-state index in [-0.39, 0.29) is 17.7 Å². The lowest BCUT2D eigenvalue weighted by Gasteiger charge is -2.32. The molecule has 162 valence electrons. The third kappa shape index (κ3) is 4.31. The average Bonchev–Trinajstić information content (AvgIpc) is 3.06. The fourth-order valence-corrected chi connectivity index (χ4v) is 4.25. The summed E-state index contributed by atoms with van der Waals surface area (Å²) in [6.07, 6.45) is 3.79. The molecule has 2 amide bonds. The molecule has 7 heteroatoms. The van der Waals surface area contributed by atoms with Crippen LogP contribution in [0, 0.1) is 26.7 Å². The zero-order chi connectivity index (χ0) is 22.1. The Hall–Kier alpha value is -3.22. The first-order valence-electron chi connectivity index (χ1n) is 10.8. The van der Waals surface area contributed by atoms with Crippen LogP contribution in [0.3, 0.4) is 0 Å². The minimum Gasteiger partial charge on any atom is -0.339 e. The number of hydrogen-bond acceptors (Lipinski definition) is 4. The van der Waals surface area contributed by atoms with Crippen molar-refractivity contribution < 1.29 is 9.59 Å². The van der Waals surface area contributed by atoms with Crippen LogP contribution in [0.15, 0.2) is 30.5 Å². The van der Waals surface area contributed by atoms with Gasteiger partial charge in [-0.25, -0.2) is 0 Å². The molecule has 1 N–H and O–H groups in total. The number of piperidine rings is 1. The number of para-hydroxylation sites is 1. The van der Waals surface area contributed by atoms with Gasteiger partial charge in [-0.2, -0.15) is 5.10 Å². The van der Waals surface area contributed by atoms with Crippen molar-refractivity contribution in [1.82, 2.24) is 19.7 Å². The van der Waals surface area contributed by atoms with Crippen molar-refractivity contribution in [3.05, 3.63) is 53.0 Å². The van der Waals surface area contributed by atoms with E-state index in [9.17, 15) is 9.59 Å². The van der Waals surface area contributed by atoms with Gasteiger partial charge in [0.1, 0.15) is 0 Å². The number of benzene rings is 1. The smallest absolute Gasteiger partial charge is 0.255 e. The van der Waals surface area contributed by atoms with E-state index < -0.39 is 0 Å². The third-order valence-electron chi connectivity index (χ3n) is 6.35. The van der Waals surface area contributed by atoms with Crippen molar-refractivity contribution in [2.45, 2.75) is 40.0 Å². The van der Waals surface area contributed by atoms with Gasteiger partial charge in [-0.15, -0.1) is 0 Å². The summed E-state index contributed by atoms with van der Waals surface area (Å²) in [6, 6.07) is 7.99. The number of aromatic nitrogens is 3. The number of nitrogens with zero attached hydrogens (tertiary/aromatic N) is 4. The minimum atomic E-state index is 0.00539. The number of carbonyl (C=O) groups is 2. The molecule has 3 heterocycles. The lowest BCUT2D eigenvalue weighted by atomic mass is 9.92. The lowest BCUT2D eigenvalue weighted by Crippen LogP contribution is -2.39. The Labute approximate surface area is 182 Å².